The molecule has 1 amide bonds. The Kier molecular flexibility index (Phi) is 5.30. The fourth-order valence-electron chi connectivity index (χ4n) is 4.28. The zero-order chi connectivity index (χ0) is 21.4. The Morgan fingerprint density at radius 1 is 1.03 bits per heavy atom. The summed E-state index contributed by atoms with van der Waals surface area (Å²) in [6.07, 6.45) is 3.55. The quantitative estimate of drug-likeness (QED) is 0.253. The normalized spacial score (nSPS) is 21.4. The lowest BCUT2D eigenvalue weighted by molar-refractivity contribution is -0.384. The molecule has 2 aromatic carbocycles. The van der Waals surface area contributed by atoms with Crippen molar-refractivity contribution in [3.8, 4) is 0 Å². The number of nitrogens with zero attached hydrogens (tertiary/aromatic N) is 2. The smallest absolute Gasteiger partial charge is 0.295 e. The Balaban J connectivity index is 1.85. The summed E-state index contributed by atoms with van der Waals surface area (Å²) in [5, 5.41) is 22.4. The summed E-state index contributed by atoms with van der Waals surface area (Å²) in [7, 11) is 0. The van der Waals surface area contributed by atoms with Gasteiger partial charge in [-0.2, -0.15) is 0 Å². The summed E-state index contributed by atoms with van der Waals surface area (Å²) >= 11 is 6.01. The van der Waals surface area contributed by atoms with Crippen molar-refractivity contribution in [3.05, 3.63) is 80.4 Å². The number of benzene rings is 2. The first-order valence-corrected chi connectivity index (χ1v) is 10.1. The van der Waals surface area contributed by atoms with E-state index < -0.39 is 22.7 Å². The van der Waals surface area contributed by atoms with Crippen LogP contribution in [0.1, 0.15) is 42.9 Å². The number of non-ortho nitro benzene ring substituents is 1. The Labute approximate surface area is 177 Å². The predicted molar refractivity (Wildman–Crippen MR) is 111 cm³/mol. The monoisotopic (exact) mass is 426 g/mol. The number of Topliss-reactive ketones (excluding diaryl/α,β-unsaturated/α-hetero) is 1. The van der Waals surface area contributed by atoms with Crippen LogP contribution in [0.15, 0.2) is 54.1 Å². The number of hydrogen-bond acceptors (Lipinski definition) is 5. The second-order valence-corrected chi connectivity index (χ2v) is 7.94. The second-order valence-electron chi connectivity index (χ2n) is 7.50. The highest BCUT2D eigenvalue weighted by atomic mass is 35.5. The number of likely N-dealkylation sites (tertiary alicyclic amines) is 1. The molecule has 1 saturated carbocycles. The average Bonchev–Trinajstić information content (AvgIpc) is 3.35. The summed E-state index contributed by atoms with van der Waals surface area (Å²) in [6, 6.07) is 11.3. The maximum Gasteiger partial charge on any atom is 0.295 e. The van der Waals surface area contributed by atoms with E-state index >= 15 is 0 Å². The van der Waals surface area contributed by atoms with Gasteiger partial charge in [-0.3, -0.25) is 19.7 Å². The molecule has 8 heteroatoms. The van der Waals surface area contributed by atoms with Gasteiger partial charge in [0.2, 0.25) is 0 Å². The number of carbonyl (C=O) groups excluding carboxylic acids is 2. The minimum Gasteiger partial charge on any atom is -0.507 e. The predicted octanol–water partition coefficient (Wildman–Crippen LogP) is 4.61. The molecule has 1 heterocycles. The Morgan fingerprint density at radius 3 is 2.20 bits per heavy atom. The third-order valence-electron chi connectivity index (χ3n) is 5.74. The zero-order valence-electron chi connectivity index (χ0n) is 16.0. The summed E-state index contributed by atoms with van der Waals surface area (Å²) in [5.74, 6) is -1.73. The van der Waals surface area contributed by atoms with Crippen molar-refractivity contribution in [1.82, 2.24) is 4.90 Å². The molecular formula is C22H19ClN2O5. The molecule has 4 rings (SSSR count). The van der Waals surface area contributed by atoms with E-state index in [4.69, 9.17) is 11.6 Å². The van der Waals surface area contributed by atoms with E-state index in [9.17, 15) is 24.8 Å². The van der Waals surface area contributed by atoms with Crippen LogP contribution in [-0.4, -0.2) is 32.7 Å². The van der Waals surface area contributed by atoms with Crippen molar-refractivity contribution in [3.63, 3.8) is 0 Å². The van der Waals surface area contributed by atoms with Gasteiger partial charge in [0.15, 0.2) is 0 Å². The van der Waals surface area contributed by atoms with Gasteiger partial charge >= 0.3 is 0 Å². The van der Waals surface area contributed by atoms with E-state index in [-0.39, 0.29) is 28.6 Å². The molecule has 0 bridgehead atoms. The largest absolute Gasteiger partial charge is 0.507 e. The molecule has 0 aromatic heterocycles. The molecule has 1 aliphatic carbocycles. The number of nitro groups is 1. The molecule has 2 aromatic rings. The molecular weight excluding hydrogens is 408 g/mol. The minimum absolute atomic E-state index is 0.0110. The van der Waals surface area contributed by atoms with Crippen molar-refractivity contribution in [2.45, 2.75) is 37.8 Å². The van der Waals surface area contributed by atoms with Crippen LogP contribution in [0.3, 0.4) is 0 Å². The van der Waals surface area contributed by atoms with Crippen molar-refractivity contribution < 1.29 is 19.6 Å². The molecule has 1 N–H and O–H groups in total. The van der Waals surface area contributed by atoms with Crippen LogP contribution in [0, 0.1) is 10.1 Å². The molecule has 0 radical (unpaired) electrons. The molecule has 1 saturated heterocycles. The van der Waals surface area contributed by atoms with Gasteiger partial charge in [0.05, 0.1) is 16.5 Å². The fourth-order valence-corrected chi connectivity index (χ4v) is 4.40. The first-order chi connectivity index (χ1) is 14.4. The van der Waals surface area contributed by atoms with E-state index in [1.54, 1.807) is 29.2 Å². The van der Waals surface area contributed by atoms with Gasteiger partial charge in [-0.1, -0.05) is 36.6 Å². The highest BCUT2D eigenvalue weighted by molar-refractivity contribution is 6.46. The van der Waals surface area contributed by atoms with Crippen molar-refractivity contribution >= 4 is 34.7 Å². The molecule has 2 fully saturated rings. The molecule has 2 aliphatic rings. The first kappa shape index (κ1) is 20.1. The van der Waals surface area contributed by atoms with Gasteiger partial charge < -0.3 is 10.0 Å². The van der Waals surface area contributed by atoms with Gasteiger partial charge in [0, 0.05) is 28.8 Å². The lowest BCUT2D eigenvalue weighted by atomic mass is 9.94. The van der Waals surface area contributed by atoms with Gasteiger partial charge in [-0.25, -0.2) is 0 Å². The minimum atomic E-state index is -0.752. The number of hydrogen-bond donors (Lipinski definition) is 1. The molecule has 7 nitrogen and oxygen atoms in total. The Hall–Kier alpha value is -3.19. The fraction of sp³-hybridized carbons (Fsp3) is 0.273. The van der Waals surface area contributed by atoms with Crippen LogP contribution >= 0.6 is 11.6 Å². The van der Waals surface area contributed by atoms with Gasteiger partial charge in [-0.05, 0) is 42.7 Å². The second kappa shape index (κ2) is 7.91. The number of aliphatic hydroxyl groups is 1. The maximum absolute atomic E-state index is 13.0. The molecule has 154 valence electrons. The Morgan fingerprint density at radius 2 is 1.63 bits per heavy atom. The average molecular weight is 427 g/mol. The highest BCUT2D eigenvalue weighted by Crippen LogP contribution is 2.43. The van der Waals surface area contributed by atoms with Crippen LogP contribution in [-0.2, 0) is 9.59 Å². The van der Waals surface area contributed by atoms with Crippen LogP contribution in [0.5, 0.6) is 0 Å². The Bertz CT molecular complexity index is 1040. The summed E-state index contributed by atoms with van der Waals surface area (Å²) in [4.78, 5) is 37.9. The van der Waals surface area contributed by atoms with E-state index in [1.165, 1.54) is 24.3 Å². The molecule has 1 unspecified atom stereocenters. The van der Waals surface area contributed by atoms with E-state index in [0.29, 0.717) is 10.6 Å². The lowest BCUT2D eigenvalue weighted by Gasteiger charge is -2.30. The summed E-state index contributed by atoms with van der Waals surface area (Å²) in [6.45, 7) is 0. The lowest BCUT2D eigenvalue weighted by Crippen LogP contribution is -2.37. The van der Waals surface area contributed by atoms with Crippen molar-refractivity contribution in [2.75, 3.05) is 0 Å². The van der Waals surface area contributed by atoms with E-state index in [0.717, 1.165) is 25.7 Å². The number of ketones is 1. The van der Waals surface area contributed by atoms with Crippen LogP contribution in [0.4, 0.5) is 5.69 Å². The zero-order valence-corrected chi connectivity index (χ0v) is 16.7. The first-order valence-electron chi connectivity index (χ1n) is 9.69. The van der Waals surface area contributed by atoms with Crippen LogP contribution in [0.2, 0.25) is 5.02 Å². The summed E-state index contributed by atoms with van der Waals surface area (Å²) in [5.41, 5.74) is 0.772. The van der Waals surface area contributed by atoms with Crippen LogP contribution < -0.4 is 0 Å². The number of carbonyl (C=O) groups is 2. The SMILES string of the molecule is O=C1C(=O)N(C2CCCC2)C(c2ccc(Cl)cc2)/C1=C(/O)c1ccc([N+](=O)[O-])cc1. The molecule has 30 heavy (non-hydrogen) atoms. The number of halogens is 1. The van der Waals surface area contributed by atoms with Crippen LogP contribution in [0.25, 0.3) is 5.76 Å². The van der Waals surface area contributed by atoms with E-state index in [2.05, 4.69) is 0 Å². The molecule has 1 atom stereocenters. The van der Waals surface area contributed by atoms with Gasteiger partial charge in [0.1, 0.15) is 5.76 Å². The third-order valence-corrected chi connectivity index (χ3v) is 5.99. The number of aliphatic hydroxyl groups excluding tert-OH is 1. The molecule has 1 aliphatic heterocycles. The standard InChI is InChI=1S/C22H19ClN2O5/c23-15-9-5-13(6-10-15)19-18(20(26)14-7-11-17(12-8-14)25(29)30)21(27)22(28)24(19)16-3-1-2-4-16/h5-12,16,19,26H,1-4H2/b20-18-. The third kappa shape index (κ3) is 3.45. The number of nitro benzene ring substituents is 1. The van der Waals surface area contributed by atoms with Crippen molar-refractivity contribution in [1.29, 1.82) is 0 Å². The number of amides is 1. The van der Waals surface area contributed by atoms with Gasteiger partial charge in [0.25, 0.3) is 17.4 Å². The van der Waals surface area contributed by atoms with Crippen molar-refractivity contribution in [2.24, 2.45) is 0 Å². The summed E-state index contributed by atoms with van der Waals surface area (Å²) < 4.78 is 0. The maximum atomic E-state index is 13.0. The van der Waals surface area contributed by atoms with Gasteiger partial charge in [-0.15, -0.1) is 0 Å². The molecule has 0 spiro atoms. The highest BCUT2D eigenvalue weighted by Gasteiger charge is 2.49. The van der Waals surface area contributed by atoms with E-state index in [1.807, 2.05) is 0 Å². The topological polar surface area (TPSA) is 101 Å². The number of rotatable bonds is 4.